The highest BCUT2D eigenvalue weighted by molar-refractivity contribution is 5.82. The lowest BCUT2D eigenvalue weighted by Gasteiger charge is -2.08. The molecule has 0 saturated heterocycles. The number of ether oxygens (including phenoxy) is 1. The molecule has 0 aliphatic carbocycles. The molecule has 6 aromatic rings. The molecular weight excluding hydrogens is 647 g/mol. The number of ketones is 1. The van der Waals surface area contributed by atoms with Gasteiger partial charge in [-0.15, -0.1) is 0 Å². The van der Waals surface area contributed by atoms with E-state index >= 15 is 0 Å². The first-order valence-corrected chi connectivity index (χ1v) is 15.6. The Hall–Kier alpha value is -6.12. The number of fused-ring (bicyclic) bond motifs is 1. The van der Waals surface area contributed by atoms with Crippen molar-refractivity contribution in [1.82, 2.24) is 29.8 Å². The molecule has 0 radical (unpaired) electrons. The lowest BCUT2D eigenvalue weighted by Crippen LogP contribution is -2.13. The van der Waals surface area contributed by atoms with E-state index in [0.29, 0.717) is 47.1 Å². The van der Waals surface area contributed by atoms with Gasteiger partial charge in [0, 0.05) is 41.1 Å². The second-order valence-electron chi connectivity index (χ2n) is 11.7. The molecule has 4 N–H and O–H groups in total. The number of aryl methyl sites for hydroxylation is 6. The number of nitrogens with one attached hydrogen (secondary N) is 1. The Kier molecular flexibility index (Phi) is 10.5. The zero-order chi connectivity index (χ0) is 36.1. The molecule has 5 heterocycles. The van der Waals surface area contributed by atoms with Crippen LogP contribution in [-0.4, -0.2) is 60.3 Å². The van der Waals surface area contributed by atoms with Crippen LogP contribution >= 0.6 is 0 Å². The first kappa shape index (κ1) is 35.2. The van der Waals surface area contributed by atoms with Gasteiger partial charge in [-0.2, -0.15) is 0 Å². The Morgan fingerprint density at radius 1 is 0.960 bits per heavy atom. The number of halogens is 1. The van der Waals surface area contributed by atoms with Crippen LogP contribution in [0.25, 0.3) is 33.4 Å². The van der Waals surface area contributed by atoms with E-state index in [2.05, 4.69) is 30.6 Å². The molecule has 0 amide bonds. The van der Waals surface area contributed by atoms with E-state index in [1.807, 2.05) is 33.8 Å². The standard InChI is InChI=1S/C22H21FN4O4.C13H16N4O2/c1-12-21(13(2)31-26-12)15-9-17-22(24-10-15)27(11-20(28)29)19(25-17)7-5-14-4-6-18(30-3)16(23)8-14;1-7(18)5-15-13-11(14)4-10(6-16-13)12-8(2)17-19-9(12)3/h4,6,8-10H,5,7,11H2,1-3H3,(H,28,29);4,6H,5,14H2,1-3H3,(H,15,16). The summed E-state index contributed by atoms with van der Waals surface area (Å²) in [6.45, 7) is 8.82. The number of carbonyl (C=O) groups excluding carboxylic acids is 1. The third-order valence-corrected chi connectivity index (χ3v) is 7.88. The molecular formula is C35H37FN8O6. The third-order valence-electron chi connectivity index (χ3n) is 7.88. The number of nitrogens with two attached hydrogens (primary N) is 1. The van der Waals surface area contributed by atoms with Gasteiger partial charge < -0.3 is 34.5 Å². The molecule has 0 unspecified atom stereocenters. The summed E-state index contributed by atoms with van der Waals surface area (Å²) in [5.74, 6) is 1.24. The van der Waals surface area contributed by atoms with Crippen molar-refractivity contribution in [3.05, 3.63) is 82.8 Å². The Bertz CT molecular complexity index is 2150. The van der Waals surface area contributed by atoms with Crippen LogP contribution in [0.4, 0.5) is 15.9 Å². The number of aromatic nitrogens is 6. The largest absolute Gasteiger partial charge is 0.494 e. The molecule has 14 nitrogen and oxygen atoms in total. The first-order valence-electron chi connectivity index (χ1n) is 15.6. The van der Waals surface area contributed by atoms with Gasteiger partial charge >= 0.3 is 5.97 Å². The van der Waals surface area contributed by atoms with Gasteiger partial charge in [-0.25, -0.2) is 19.3 Å². The maximum absolute atomic E-state index is 14.0. The number of benzene rings is 1. The molecule has 0 fully saturated rings. The summed E-state index contributed by atoms with van der Waals surface area (Å²) in [5.41, 5.74) is 13.2. The lowest BCUT2D eigenvalue weighted by molar-refractivity contribution is -0.137. The van der Waals surface area contributed by atoms with Gasteiger partial charge in [0.15, 0.2) is 17.2 Å². The number of hydrogen-bond donors (Lipinski definition) is 3. The fourth-order valence-electron chi connectivity index (χ4n) is 5.57. The van der Waals surface area contributed by atoms with E-state index in [1.165, 1.54) is 20.1 Å². The van der Waals surface area contributed by atoms with E-state index in [4.69, 9.17) is 19.5 Å². The summed E-state index contributed by atoms with van der Waals surface area (Å²) in [5, 5.41) is 20.1. The Morgan fingerprint density at radius 3 is 2.14 bits per heavy atom. The van der Waals surface area contributed by atoms with Crippen LogP contribution < -0.4 is 15.8 Å². The second kappa shape index (κ2) is 15.0. The number of carboxylic acid groups (broad SMARTS) is 1. The van der Waals surface area contributed by atoms with Crippen LogP contribution in [0.5, 0.6) is 5.75 Å². The van der Waals surface area contributed by atoms with Crippen molar-refractivity contribution in [1.29, 1.82) is 0 Å². The number of carbonyl (C=O) groups is 2. The minimum absolute atomic E-state index is 0.0241. The van der Waals surface area contributed by atoms with Crippen molar-refractivity contribution in [2.24, 2.45) is 0 Å². The van der Waals surface area contributed by atoms with Crippen molar-refractivity contribution < 1.29 is 32.9 Å². The van der Waals surface area contributed by atoms with E-state index in [-0.39, 0.29) is 24.6 Å². The normalized spacial score (nSPS) is 10.9. The van der Waals surface area contributed by atoms with Gasteiger partial charge in [-0.3, -0.25) is 9.59 Å². The number of methoxy groups -OCH3 is 1. The number of rotatable bonds is 11. The minimum atomic E-state index is -0.993. The molecule has 0 saturated carbocycles. The number of anilines is 2. The lowest BCUT2D eigenvalue weighted by atomic mass is 10.1. The number of aliphatic carboxylic acids is 1. The molecule has 0 aliphatic heterocycles. The fourth-order valence-corrected chi connectivity index (χ4v) is 5.57. The molecule has 6 rings (SSSR count). The quantitative estimate of drug-likeness (QED) is 0.151. The average molecular weight is 685 g/mol. The number of pyridine rings is 2. The monoisotopic (exact) mass is 684 g/mol. The van der Waals surface area contributed by atoms with Crippen molar-refractivity contribution in [3.63, 3.8) is 0 Å². The topological polar surface area (TPSA) is 197 Å². The predicted molar refractivity (Wildman–Crippen MR) is 183 cm³/mol. The number of imidazole rings is 1. The molecule has 0 atom stereocenters. The summed E-state index contributed by atoms with van der Waals surface area (Å²) in [4.78, 5) is 35.7. The summed E-state index contributed by atoms with van der Waals surface area (Å²) in [6, 6.07) is 8.41. The molecule has 0 aliphatic rings. The van der Waals surface area contributed by atoms with Gasteiger partial charge in [-0.05, 0) is 70.9 Å². The first-order chi connectivity index (χ1) is 23.9. The number of hydrogen-bond acceptors (Lipinski definition) is 12. The fraction of sp³-hybridized carbons (Fsp3) is 0.286. The maximum Gasteiger partial charge on any atom is 0.323 e. The molecule has 50 heavy (non-hydrogen) atoms. The molecule has 5 aromatic heterocycles. The number of Topliss-reactive ketones (excluding diaryl/α,β-unsaturated/α-hetero) is 1. The van der Waals surface area contributed by atoms with Gasteiger partial charge in [0.05, 0.1) is 30.7 Å². The molecule has 15 heteroatoms. The second-order valence-corrected chi connectivity index (χ2v) is 11.7. The van der Waals surface area contributed by atoms with Crippen LogP contribution in [-0.2, 0) is 29.0 Å². The molecule has 260 valence electrons. The van der Waals surface area contributed by atoms with E-state index in [0.717, 1.165) is 45.0 Å². The Labute approximate surface area is 286 Å². The van der Waals surface area contributed by atoms with E-state index in [9.17, 15) is 19.1 Å². The number of nitrogens with zero attached hydrogens (tertiary/aromatic N) is 6. The Morgan fingerprint density at radius 2 is 1.60 bits per heavy atom. The van der Waals surface area contributed by atoms with Crippen molar-refractivity contribution in [3.8, 4) is 28.0 Å². The average Bonchev–Trinajstić information content (AvgIpc) is 3.71. The summed E-state index contributed by atoms with van der Waals surface area (Å²) >= 11 is 0. The molecule has 0 spiro atoms. The van der Waals surface area contributed by atoms with Gasteiger partial charge in [0.2, 0.25) is 0 Å². The summed E-state index contributed by atoms with van der Waals surface area (Å²) in [6.07, 6.45) is 4.26. The van der Waals surface area contributed by atoms with Gasteiger partial charge in [0.25, 0.3) is 0 Å². The maximum atomic E-state index is 14.0. The highest BCUT2D eigenvalue weighted by Gasteiger charge is 2.19. The smallest absolute Gasteiger partial charge is 0.323 e. The SMILES string of the molecule is CC(=O)CNc1ncc(-c2c(C)noc2C)cc1N.COc1ccc(CCc2nc3cc(-c4c(C)noc4C)cnc3n2CC(=O)O)cc1F. The van der Waals surface area contributed by atoms with Crippen molar-refractivity contribution >= 4 is 34.4 Å². The van der Waals surface area contributed by atoms with Crippen LogP contribution in [0.15, 0.2) is 51.8 Å². The van der Waals surface area contributed by atoms with Crippen LogP contribution in [0, 0.1) is 33.5 Å². The Balaban J connectivity index is 0.000000219. The van der Waals surface area contributed by atoms with Crippen molar-refractivity contribution in [2.75, 3.05) is 24.7 Å². The minimum Gasteiger partial charge on any atom is -0.494 e. The van der Waals surface area contributed by atoms with Crippen molar-refractivity contribution in [2.45, 2.75) is 54.0 Å². The molecule has 0 bridgehead atoms. The predicted octanol–water partition coefficient (Wildman–Crippen LogP) is 5.66. The third kappa shape index (κ3) is 7.77. The molecule has 1 aromatic carbocycles. The van der Waals surface area contributed by atoms with Gasteiger partial charge in [0.1, 0.15) is 41.0 Å². The summed E-state index contributed by atoms with van der Waals surface area (Å²) in [7, 11) is 1.41. The van der Waals surface area contributed by atoms with Crippen LogP contribution in [0.2, 0.25) is 0 Å². The highest BCUT2D eigenvalue weighted by atomic mass is 19.1. The van der Waals surface area contributed by atoms with E-state index < -0.39 is 11.8 Å². The highest BCUT2D eigenvalue weighted by Crippen LogP contribution is 2.31. The zero-order valence-corrected chi connectivity index (χ0v) is 28.5. The number of carboxylic acids is 1. The zero-order valence-electron chi connectivity index (χ0n) is 28.5. The van der Waals surface area contributed by atoms with Gasteiger partial charge in [-0.1, -0.05) is 16.4 Å². The van der Waals surface area contributed by atoms with E-state index in [1.54, 1.807) is 35.2 Å². The number of nitrogen functional groups attached to an aromatic ring is 1. The van der Waals surface area contributed by atoms with Crippen LogP contribution in [0.3, 0.4) is 0 Å². The van der Waals surface area contributed by atoms with Crippen LogP contribution in [0.1, 0.15) is 41.2 Å². The summed E-state index contributed by atoms with van der Waals surface area (Å²) < 4.78 is 30.9.